The summed E-state index contributed by atoms with van der Waals surface area (Å²) in [5.74, 6) is 3.47. The maximum absolute atomic E-state index is 12.7. The number of nitrogens with zero attached hydrogens (tertiary/aromatic N) is 3. The summed E-state index contributed by atoms with van der Waals surface area (Å²) in [4.78, 5) is 22.4. The molecule has 1 aromatic heterocycles. The number of carbonyl (C=O) groups is 1. The van der Waals surface area contributed by atoms with E-state index < -0.39 is 0 Å². The summed E-state index contributed by atoms with van der Waals surface area (Å²) in [5.41, 5.74) is 4.13. The van der Waals surface area contributed by atoms with Crippen molar-refractivity contribution in [2.24, 2.45) is 17.8 Å². The fourth-order valence-electron chi connectivity index (χ4n) is 5.70. The highest BCUT2D eigenvalue weighted by molar-refractivity contribution is 5.78. The van der Waals surface area contributed by atoms with Crippen LogP contribution in [0.1, 0.15) is 77.6 Å². The van der Waals surface area contributed by atoms with Crippen LogP contribution in [-0.4, -0.2) is 60.0 Å². The molecule has 1 amide bonds. The van der Waals surface area contributed by atoms with Crippen molar-refractivity contribution in [3.63, 3.8) is 0 Å². The molecule has 2 aliphatic heterocycles. The number of likely N-dealkylation sites (tertiary alicyclic amines) is 2. The van der Waals surface area contributed by atoms with Crippen molar-refractivity contribution in [3.05, 3.63) is 35.1 Å². The molecule has 6 heteroatoms. The fourth-order valence-corrected chi connectivity index (χ4v) is 5.70. The number of carbonyl (C=O) groups excluding carboxylic acids is 1. The second kappa shape index (κ2) is 12.2. The molecular formula is C28H46N4O2. The lowest BCUT2D eigenvalue weighted by Gasteiger charge is -2.35. The van der Waals surface area contributed by atoms with Crippen LogP contribution in [0, 0.1) is 24.7 Å². The second-order valence-electron chi connectivity index (χ2n) is 11.1. The fraction of sp³-hybridized carbons (Fsp3) is 0.714. The van der Waals surface area contributed by atoms with E-state index in [0.717, 1.165) is 92.0 Å². The van der Waals surface area contributed by atoms with Crippen LogP contribution in [0.4, 0.5) is 0 Å². The minimum absolute atomic E-state index is 0.126. The number of amides is 1. The lowest BCUT2D eigenvalue weighted by Crippen LogP contribution is -2.42. The van der Waals surface area contributed by atoms with Gasteiger partial charge in [0, 0.05) is 37.7 Å². The van der Waals surface area contributed by atoms with E-state index in [0.29, 0.717) is 5.89 Å². The van der Waals surface area contributed by atoms with Crippen molar-refractivity contribution in [2.45, 2.75) is 73.8 Å². The molecule has 0 bridgehead atoms. The standard InChI is InChI=1S/C28H46N4O2/c1-19(2)26(20(3)4)28-30-25(23(7)34-28)18-31-13-9-24(10-14-31)27(33)29-11-8-12-32-16-21(5)15-22(6)17-32/h21-22,24H,1,8-18H2,2-7H3,(H,29,33)/t21-,22+. The third kappa shape index (κ3) is 7.29. The summed E-state index contributed by atoms with van der Waals surface area (Å²) in [7, 11) is 0. The van der Waals surface area contributed by atoms with Crippen molar-refractivity contribution in [1.29, 1.82) is 0 Å². The van der Waals surface area contributed by atoms with E-state index in [4.69, 9.17) is 9.40 Å². The van der Waals surface area contributed by atoms with Crippen LogP contribution in [0.3, 0.4) is 0 Å². The average Bonchev–Trinajstić information content (AvgIpc) is 3.09. The zero-order chi connectivity index (χ0) is 24.8. The van der Waals surface area contributed by atoms with E-state index in [1.54, 1.807) is 0 Å². The first kappa shape index (κ1) is 26.7. The molecule has 0 aliphatic carbocycles. The van der Waals surface area contributed by atoms with Gasteiger partial charge in [-0.05, 0) is 90.4 Å². The summed E-state index contributed by atoms with van der Waals surface area (Å²) < 4.78 is 5.99. The van der Waals surface area contributed by atoms with Crippen molar-refractivity contribution >= 4 is 11.5 Å². The third-order valence-corrected chi connectivity index (χ3v) is 7.26. The number of aryl methyl sites for hydroxylation is 1. The summed E-state index contributed by atoms with van der Waals surface area (Å²) in [5, 5.41) is 3.20. The number of hydrogen-bond donors (Lipinski definition) is 1. The minimum Gasteiger partial charge on any atom is -0.441 e. The Kier molecular flexibility index (Phi) is 9.55. The van der Waals surface area contributed by atoms with E-state index in [2.05, 4.69) is 49.4 Å². The molecule has 190 valence electrons. The Labute approximate surface area is 206 Å². The van der Waals surface area contributed by atoms with E-state index in [-0.39, 0.29) is 11.8 Å². The molecule has 6 nitrogen and oxygen atoms in total. The Hall–Kier alpha value is -1.92. The van der Waals surface area contributed by atoms with Crippen molar-refractivity contribution in [1.82, 2.24) is 20.1 Å². The minimum atomic E-state index is 0.126. The first-order valence-corrected chi connectivity index (χ1v) is 13.2. The first-order chi connectivity index (χ1) is 16.1. The van der Waals surface area contributed by atoms with Gasteiger partial charge in [-0.1, -0.05) is 26.0 Å². The molecule has 3 rings (SSSR count). The zero-order valence-corrected chi connectivity index (χ0v) is 22.4. The normalized spacial score (nSPS) is 22.5. The maximum Gasteiger partial charge on any atom is 0.226 e. The predicted octanol–water partition coefficient (Wildman–Crippen LogP) is 5.05. The van der Waals surface area contributed by atoms with Gasteiger partial charge in [0.2, 0.25) is 11.8 Å². The van der Waals surface area contributed by atoms with E-state index in [1.807, 2.05) is 13.8 Å². The van der Waals surface area contributed by atoms with Gasteiger partial charge in [0.05, 0.1) is 5.69 Å². The van der Waals surface area contributed by atoms with Gasteiger partial charge in [0.15, 0.2) is 0 Å². The van der Waals surface area contributed by atoms with Crippen LogP contribution in [0.25, 0.3) is 5.57 Å². The Morgan fingerprint density at radius 3 is 2.35 bits per heavy atom. The van der Waals surface area contributed by atoms with Crippen LogP contribution in [0.5, 0.6) is 0 Å². The second-order valence-corrected chi connectivity index (χ2v) is 11.1. The van der Waals surface area contributed by atoms with Gasteiger partial charge in [-0.2, -0.15) is 0 Å². The van der Waals surface area contributed by atoms with Gasteiger partial charge in [-0.25, -0.2) is 4.98 Å². The highest BCUT2D eigenvalue weighted by atomic mass is 16.4. The highest BCUT2D eigenvalue weighted by Crippen LogP contribution is 2.28. The van der Waals surface area contributed by atoms with Crippen molar-refractivity contribution < 1.29 is 9.21 Å². The summed E-state index contributed by atoms with van der Waals surface area (Å²) in [6, 6.07) is 0. The Balaban J connectivity index is 1.40. The topological polar surface area (TPSA) is 61.6 Å². The van der Waals surface area contributed by atoms with E-state index >= 15 is 0 Å². The largest absolute Gasteiger partial charge is 0.441 e. The van der Waals surface area contributed by atoms with Crippen LogP contribution in [0.2, 0.25) is 0 Å². The lowest BCUT2D eigenvalue weighted by atomic mass is 9.92. The molecule has 0 spiro atoms. The summed E-state index contributed by atoms with van der Waals surface area (Å²) in [6.07, 6.45) is 4.19. The van der Waals surface area contributed by atoms with E-state index in [9.17, 15) is 4.79 Å². The molecule has 2 atom stereocenters. The van der Waals surface area contributed by atoms with Gasteiger partial charge < -0.3 is 14.6 Å². The molecule has 1 N–H and O–H groups in total. The smallest absolute Gasteiger partial charge is 0.226 e. The molecule has 2 aliphatic rings. The molecule has 2 saturated heterocycles. The quantitative estimate of drug-likeness (QED) is 0.404. The zero-order valence-electron chi connectivity index (χ0n) is 22.4. The Morgan fingerprint density at radius 2 is 1.76 bits per heavy atom. The molecule has 0 aromatic carbocycles. The number of allylic oxidation sites excluding steroid dienone is 3. The molecule has 0 saturated carbocycles. The van der Waals surface area contributed by atoms with Gasteiger partial charge in [-0.3, -0.25) is 9.69 Å². The molecular weight excluding hydrogens is 424 g/mol. The van der Waals surface area contributed by atoms with Crippen molar-refractivity contribution in [2.75, 3.05) is 39.3 Å². The molecule has 3 heterocycles. The number of piperidine rings is 2. The number of rotatable bonds is 9. The molecule has 2 fully saturated rings. The van der Waals surface area contributed by atoms with Crippen LogP contribution in [0.15, 0.2) is 22.1 Å². The molecule has 0 radical (unpaired) electrons. The number of hydrogen-bond acceptors (Lipinski definition) is 5. The highest BCUT2D eigenvalue weighted by Gasteiger charge is 2.26. The van der Waals surface area contributed by atoms with Crippen LogP contribution >= 0.6 is 0 Å². The number of oxazole rings is 1. The Morgan fingerprint density at radius 1 is 1.12 bits per heavy atom. The van der Waals surface area contributed by atoms with Gasteiger partial charge in [0.25, 0.3) is 0 Å². The maximum atomic E-state index is 12.7. The van der Waals surface area contributed by atoms with Gasteiger partial charge in [-0.15, -0.1) is 0 Å². The SMILES string of the molecule is C=C(C)C(=C(C)C)c1nc(CN2CCC(C(=O)NCCCN3C[C@H](C)C[C@H](C)C3)CC2)c(C)o1. The molecule has 1 aromatic rings. The van der Waals surface area contributed by atoms with Gasteiger partial charge >= 0.3 is 0 Å². The average molecular weight is 471 g/mol. The monoisotopic (exact) mass is 470 g/mol. The molecule has 34 heavy (non-hydrogen) atoms. The lowest BCUT2D eigenvalue weighted by molar-refractivity contribution is -0.126. The Bertz CT molecular complexity index is 865. The summed E-state index contributed by atoms with van der Waals surface area (Å²) in [6.45, 7) is 23.8. The number of aromatic nitrogens is 1. The predicted molar refractivity (Wildman–Crippen MR) is 139 cm³/mol. The van der Waals surface area contributed by atoms with Gasteiger partial charge in [0.1, 0.15) is 5.76 Å². The van der Waals surface area contributed by atoms with E-state index in [1.165, 1.54) is 19.5 Å². The van der Waals surface area contributed by atoms with Crippen LogP contribution in [-0.2, 0) is 11.3 Å². The molecule has 0 unspecified atom stereocenters. The summed E-state index contributed by atoms with van der Waals surface area (Å²) >= 11 is 0. The third-order valence-electron chi connectivity index (χ3n) is 7.26. The van der Waals surface area contributed by atoms with Crippen molar-refractivity contribution in [3.8, 4) is 0 Å². The van der Waals surface area contributed by atoms with Crippen LogP contribution < -0.4 is 5.32 Å². The first-order valence-electron chi connectivity index (χ1n) is 13.2. The number of nitrogens with one attached hydrogen (secondary N) is 1.